The number of para-hydroxylation sites is 1. The van der Waals surface area contributed by atoms with Crippen molar-refractivity contribution >= 4 is 11.7 Å². The van der Waals surface area contributed by atoms with Crippen LogP contribution in [0, 0.1) is 5.92 Å². The van der Waals surface area contributed by atoms with Crippen LogP contribution in [0.4, 0.5) is 10.5 Å². The Kier molecular flexibility index (Phi) is 5.29. The van der Waals surface area contributed by atoms with Crippen LogP contribution in [-0.2, 0) is 4.74 Å². The van der Waals surface area contributed by atoms with Crippen molar-refractivity contribution in [3.63, 3.8) is 0 Å². The first kappa shape index (κ1) is 17.1. The van der Waals surface area contributed by atoms with Crippen molar-refractivity contribution in [3.05, 3.63) is 30.3 Å². The second-order valence-electron chi connectivity index (χ2n) is 7.20. The lowest BCUT2D eigenvalue weighted by molar-refractivity contribution is -0.0872. The van der Waals surface area contributed by atoms with Gasteiger partial charge in [0.25, 0.3) is 0 Å². The Labute approximate surface area is 145 Å². The zero-order valence-corrected chi connectivity index (χ0v) is 14.8. The summed E-state index contributed by atoms with van der Waals surface area (Å²) in [5.41, 5.74) is 1.07. The number of ether oxygens (including phenoxy) is 1. The highest BCUT2D eigenvalue weighted by atomic mass is 16.5. The Morgan fingerprint density at radius 2 is 2.12 bits per heavy atom. The molecule has 2 amide bonds. The fraction of sp³-hybridized carbons (Fsp3) is 0.632. The zero-order chi connectivity index (χ0) is 17.0. The molecule has 2 fully saturated rings. The van der Waals surface area contributed by atoms with Gasteiger partial charge in [-0.3, -0.25) is 0 Å². The Bertz CT molecular complexity index is 551. The summed E-state index contributed by atoms with van der Waals surface area (Å²) in [6.07, 6.45) is 2.05. The van der Waals surface area contributed by atoms with Gasteiger partial charge in [0.1, 0.15) is 0 Å². The molecule has 1 aromatic rings. The van der Waals surface area contributed by atoms with Gasteiger partial charge in [-0.15, -0.1) is 0 Å². The summed E-state index contributed by atoms with van der Waals surface area (Å²) in [6.45, 7) is 9.01. The third-order valence-electron chi connectivity index (χ3n) is 5.32. The van der Waals surface area contributed by atoms with E-state index in [0.717, 1.165) is 32.5 Å². The van der Waals surface area contributed by atoms with Crippen LogP contribution in [-0.4, -0.2) is 55.9 Å². The Morgan fingerprint density at radius 3 is 2.88 bits per heavy atom. The van der Waals surface area contributed by atoms with Crippen LogP contribution in [0.3, 0.4) is 0 Å². The summed E-state index contributed by atoms with van der Waals surface area (Å²) in [5.74, 6) is 0.521. The highest BCUT2D eigenvalue weighted by Gasteiger charge is 2.33. The standard InChI is InChI=1S/C19H29N3O2/c1-3-19(2)15-22(11-12-24-19)18(23)20-13-16-9-10-21(14-16)17-7-5-4-6-8-17/h4-8,16H,3,9-15H2,1-2H3,(H,20,23)/t16-,19+/m0/s1. The number of carbonyl (C=O) groups excluding carboxylic acids is 1. The maximum Gasteiger partial charge on any atom is 0.317 e. The zero-order valence-electron chi connectivity index (χ0n) is 14.8. The number of benzene rings is 1. The second-order valence-corrected chi connectivity index (χ2v) is 7.20. The number of nitrogens with one attached hydrogen (secondary N) is 1. The number of urea groups is 1. The van der Waals surface area contributed by atoms with E-state index in [0.29, 0.717) is 25.6 Å². The molecule has 1 aromatic carbocycles. The van der Waals surface area contributed by atoms with Crippen molar-refractivity contribution in [2.75, 3.05) is 44.2 Å². The number of anilines is 1. The predicted octanol–water partition coefficient (Wildman–Crippen LogP) is 2.72. The third-order valence-corrected chi connectivity index (χ3v) is 5.32. The van der Waals surface area contributed by atoms with Crippen molar-refractivity contribution in [3.8, 4) is 0 Å². The predicted molar refractivity (Wildman–Crippen MR) is 96.4 cm³/mol. The van der Waals surface area contributed by atoms with E-state index in [2.05, 4.69) is 48.3 Å². The average molecular weight is 331 g/mol. The molecule has 0 spiro atoms. The van der Waals surface area contributed by atoms with Crippen molar-refractivity contribution in [1.29, 1.82) is 0 Å². The summed E-state index contributed by atoms with van der Waals surface area (Å²) < 4.78 is 5.81. The van der Waals surface area contributed by atoms with Crippen LogP contribution in [0.1, 0.15) is 26.7 Å². The van der Waals surface area contributed by atoms with E-state index in [1.807, 2.05) is 11.0 Å². The molecule has 2 aliphatic heterocycles. The normalized spacial score (nSPS) is 27.3. The number of amides is 2. The molecular weight excluding hydrogens is 302 g/mol. The number of hydrogen-bond acceptors (Lipinski definition) is 3. The smallest absolute Gasteiger partial charge is 0.317 e. The minimum Gasteiger partial charge on any atom is -0.372 e. The molecule has 5 heteroatoms. The first-order valence-corrected chi connectivity index (χ1v) is 9.06. The fourth-order valence-corrected chi connectivity index (χ4v) is 3.53. The summed E-state index contributed by atoms with van der Waals surface area (Å²) >= 11 is 0. The summed E-state index contributed by atoms with van der Waals surface area (Å²) in [5, 5.41) is 3.13. The molecule has 0 aliphatic carbocycles. The summed E-state index contributed by atoms with van der Waals surface area (Å²) in [4.78, 5) is 16.8. The summed E-state index contributed by atoms with van der Waals surface area (Å²) in [6, 6.07) is 10.6. The van der Waals surface area contributed by atoms with E-state index in [1.165, 1.54) is 5.69 Å². The molecule has 2 aliphatic rings. The molecule has 24 heavy (non-hydrogen) atoms. The minimum absolute atomic E-state index is 0.0520. The van der Waals surface area contributed by atoms with Gasteiger partial charge in [0.15, 0.2) is 0 Å². The number of rotatable bonds is 4. The Balaban J connectivity index is 1.45. The lowest BCUT2D eigenvalue weighted by Crippen LogP contribution is -2.54. The largest absolute Gasteiger partial charge is 0.372 e. The van der Waals surface area contributed by atoms with Gasteiger partial charge in [0, 0.05) is 31.9 Å². The van der Waals surface area contributed by atoms with Gasteiger partial charge in [-0.25, -0.2) is 4.79 Å². The van der Waals surface area contributed by atoms with Crippen molar-refractivity contribution in [2.45, 2.75) is 32.3 Å². The quantitative estimate of drug-likeness (QED) is 0.923. The SMILES string of the molecule is CC[C@]1(C)CN(C(=O)NC[C@@H]2CCN(c3ccccc3)C2)CCO1. The van der Waals surface area contributed by atoms with Crippen molar-refractivity contribution in [1.82, 2.24) is 10.2 Å². The van der Waals surface area contributed by atoms with Gasteiger partial charge in [0.2, 0.25) is 0 Å². The van der Waals surface area contributed by atoms with Crippen LogP contribution in [0.5, 0.6) is 0 Å². The van der Waals surface area contributed by atoms with Crippen LogP contribution in [0.2, 0.25) is 0 Å². The molecule has 0 unspecified atom stereocenters. The monoisotopic (exact) mass is 331 g/mol. The molecule has 0 saturated carbocycles. The molecule has 0 aromatic heterocycles. The van der Waals surface area contributed by atoms with Crippen molar-refractivity contribution in [2.24, 2.45) is 5.92 Å². The van der Waals surface area contributed by atoms with E-state index >= 15 is 0 Å². The average Bonchev–Trinajstić information content (AvgIpc) is 3.09. The second kappa shape index (κ2) is 7.43. The molecule has 5 nitrogen and oxygen atoms in total. The molecule has 2 saturated heterocycles. The molecule has 1 N–H and O–H groups in total. The molecule has 2 heterocycles. The van der Waals surface area contributed by atoms with Gasteiger partial charge in [-0.05, 0) is 37.8 Å². The van der Waals surface area contributed by atoms with E-state index in [1.54, 1.807) is 0 Å². The highest BCUT2D eigenvalue weighted by molar-refractivity contribution is 5.74. The van der Waals surface area contributed by atoms with E-state index < -0.39 is 0 Å². The van der Waals surface area contributed by atoms with Gasteiger partial charge in [-0.1, -0.05) is 25.1 Å². The number of carbonyl (C=O) groups is 1. The fourth-order valence-electron chi connectivity index (χ4n) is 3.53. The van der Waals surface area contributed by atoms with E-state index in [9.17, 15) is 4.79 Å². The van der Waals surface area contributed by atoms with Gasteiger partial charge >= 0.3 is 6.03 Å². The lowest BCUT2D eigenvalue weighted by atomic mass is 10.0. The highest BCUT2D eigenvalue weighted by Crippen LogP contribution is 2.23. The Morgan fingerprint density at radius 1 is 1.33 bits per heavy atom. The lowest BCUT2D eigenvalue weighted by Gasteiger charge is -2.40. The maximum absolute atomic E-state index is 12.5. The molecule has 0 bridgehead atoms. The molecule has 0 radical (unpaired) electrons. The number of morpholine rings is 1. The number of nitrogens with zero attached hydrogens (tertiary/aromatic N) is 2. The maximum atomic E-state index is 12.5. The molecule has 2 atom stereocenters. The van der Waals surface area contributed by atoms with E-state index in [4.69, 9.17) is 4.74 Å². The van der Waals surface area contributed by atoms with Crippen LogP contribution in [0.25, 0.3) is 0 Å². The molecular formula is C19H29N3O2. The molecule has 132 valence electrons. The van der Waals surface area contributed by atoms with Crippen LogP contribution in [0.15, 0.2) is 30.3 Å². The van der Waals surface area contributed by atoms with Crippen LogP contribution < -0.4 is 10.2 Å². The first-order valence-electron chi connectivity index (χ1n) is 9.06. The summed E-state index contributed by atoms with van der Waals surface area (Å²) in [7, 11) is 0. The number of hydrogen-bond donors (Lipinski definition) is 1. The van der Waals surface area contributed by atoms with Crippen molar-refractivity contribution < 1.29 is 9.53 Å². The van der Waals surface area contributed by atoms with Gasteiger partial charge < -0.3 is 19.9 Å². The topological polar surface area (TPSA) is 44.8 Å². The van der Waals surface area contributed by atoms with Gasteiger partial charge in [-0.2, -0.15) is 0 Å². The third kappa shape index (κ3) is 4.01. The van der Waals surface area contributed by atoms with E-state index in [-0.39, 0.29) is 11.6 Å². The van der Waals surface area contributed by atoms with Gasteiger partial charge in [0.05, 0.1) is 18.8 Å². The Hall–Kier alpha value is -1.75. The molecule has 3 rings (SSSR count). The minimum atomic E-state index is -0.201. The first-order chi connectivity index (χ1) is 11.6. The van der Waals surface area contributed by atoms with Crippen LogP contribution >= 0.6 is 0 Å².